The van der Waals surface area contributed by atoms with E-state index in [1.807, 2.05) is 0 Å². The van der Waals surface area contributed by atoms with Gasteiger partial charge in [-0.25, -0.2) is 4.98 Å². The second kappa shape index (κ2) is 6.37. The summed E-state index contributed by atoms with van der Waals surface area (Å²) in [4.78, 5) is 8.03. The second-order valence-corrected chi connectivity index (χ2v) is 5.56. The van der Waals surface area contributed by atoms with E-state index in [1.165, 1.54) is 17.4 Å². The Labute approximate surface area is 134 Å². The first-order valence-corrected chi connectivity index (χ1v) is 7.02. The number of alkyl halides is 6. The average molecular weight is 351 g/mol. The van der Waals surface area contributed by atoms with E-state index in [4.69, 9.17) is 0 Å². The Bertz CT molecular complexity index is 641. The Balaban J connectivity index is 2.52. The number of rotatable bonds is 4. The number of hydrogen-bond donors (Lipinski definition) is 1. The van der Waals surface area contributed by atoms with Crippen LogP contribution in [0.15, 0.2) is 30.7 Å². The van der Waals surface area contributed by atoms with E-state index >= 15 is 0 Å². The third kappa shape index (κ3) is 4.21. The van der Waals surface area contributed by atoms with Gasteiger partial charge in [-0.15, -0.1) is 0 Å². The van der Waals surface area contributed by atoms with Crippen molar-refractivity contribution in [2.24, 2.45) is 0 Å². The van der Waals surface area contributed by atoms with Crippen LogP contribution in [0.5, 0.6) is 0 Å². The first kappa shape index (κ1) is 18.2. The quantitative estimate of drug-likeness (QED) is 0.798. The first-order chi connectivity index (χ1) is 11.0. The number of halogens is 6. The van der Waals surface area contributed by atoms with Crippen LogP contribution in [-0.2, 0) is 18.9 Å². The Morgan fingerprint density at radius 1 is 1.00 bits per heavy atom. The molecule has 0 amide bonds. The standard InChI is InChI=1S/C15H15F6N3/c1-9(2)24(7-12-6-22-8-23-12)13-4-10(14(16,17)18)3-11(5-13)15(19,20)21/h3-6,8-9H,7H2,1-2H3,(H,22,23). The number of aromatic amines is 1. The number of nitrogens with one attached hydrogen (secondary N) is 1. The molecule has 0 radical (unpaired) electrons. The summed E-state index contributed by atoms with van der Waals surface area (Å²) < 4.78 is 77.9. The number of aromatic nitrogens is 2. The molecule has 132 valence electrons. The summed E-state index contributed by atoms with van der Waals surface area (Å²) in [5.74, 6) is 0. The van der Waals surface area contributed by atoms with Gasteiger partial charge in [-0.05, 0) is 32.0 Å². The number of hydrogen-bond acceptors (Lipinski definition) is 2. The second-order valence-electron chi connectivity index (χ2n) is 5.56. The molecule has 9 heteroatoms. The summed E-state index contributed by atoms with van der Waals surface area (Å²) in [6.07, 6.45) is -6.88. The molecular weight excluding hydrogens is 336 g/mol. The fourth-order valence-corrected chi connectivity index (χ4v) is 2.23. The van der Waals surface area contributed by atoms with Crippen molar-refractivity contribution in [1.29, 1.82) is 0 Å². The Kier molecular flexibility index (Phi) is 4.82. The Morgan fingerprint density at radius 2 is 1.54 bits per heavy atom. The minimum absolute atomic E-state index is 0.107. The first-order valence-electron chi connectivity index (χ1n) is 7.02. The third-order valence-corrected chi connectivity index (χ3v) is 3.42. The van der Waals surface area contributed by atoms with Crippen LogP contribution in [-0.4, -0.2) is 16.0 Å². The molecule has 0 aliphatic rings. The van der Waals surface area contributed by atoms with E-state index in [0.717, 1.165) is 12.1 Å². The van der Waals surface area contributed by atoms with Gasteiger partial charge in [0.15, 0.2) is 0 Å². The summed E-state index contributed by atoms with van der Waals surface area (Å²) in [5.41, 5.74) is -2.23. The van der Waals surface area contributed by atoms with Gasteiger partial charge < -0.3 is 9.88 Å². The molecule has 1 aromatic carbocycles. The lowest BCUT2D eigenvalue weighted by Gasteiger charge is -2.30. The fourth-order valence-electron chi connectivity index (χ4n) is 2.23. The molecule has 2 rings (SSSR count). The average Bonchev–Trinajstić information content (AvgIpc) is 2.95. The zero-order chi connectivity index (χ0) is 18.1. The van der Waals surface area contributed by atoms with Crippen molar-refractivity contribution in [2.75, 3.05) is 4.90 Å². The van der Waals surface area contributed by atoms with Crippen molar-refractivity contribution in [2.45, 2.75) is 38.8 Å². The molecule has 0 aliphatic carbocycles. The van der Waals surface area contributed by atoms with Crippen LogP contribution < -0.4 is 4.90 Å². The van der Waals surface area contributed by atoms with Crippen molar-refractivity contribution < 1.29 is 26.3 Å². The maximum atomic E-state index is 13.0. The topological polar surface area (TPSA) is 31.9 Å². The van der Waals surface area contributed by atoms with E-state index in [9.17, 15) is 26.3 Å². The smallest absolute Gasteiger partial charge is 0.363 e. The molecule has 0 saturated carbocycles. The highest BCUT2D eigenvalue weighted by atomic mass is 19.4. The molecule has 1 heterocycles. The van der Waals surface area contributed by atoms with Crippen molar-refractivity contribution in [3.63, 3.8) is 0 Å². The summed E-state index contributed by atoms with van der Waals surface area (Å²) in [5, 5.41) is 0. The van der Waals surface area contributed by atoms with Gasteiger partial charge in [-0.3, -0.25) is 0 Å². The van der Waals surface area contributed by atoms with E-state index in [0.29, 0.717) is 5.69 Å². The van der Waals surface area contributed by atoms with Crippen molar-refractivity contribution in [1.82, 2.24) is 9.97 Å². The largest absolute Gasteiger partial charge is 0.416 e. The minimum atomic E-state index is -4.87. The van der Waals surface area contributed by atoms with Gasteiger partial charge in [0.25, 0.3) is 0 Å². The minimum Gasteiger partial charge on any atom is -0.363 e. The molecule has 0 atom stereocenters. The van der Waals surface area contributed by atoms with Crippen LogP contribution in [0.3, 0.4) is 0 Å². The van der Waals surface area contributed by atoms with E-state index in [-0.39, 0.29) is 24.3 Å². The molecule has 1 N–H and O–H groups in total. The molecule has 0 aliphatic heterocycles. The van der Waals surface area contributed by atoms with Crippen LogP contribution in [0, 0.1) is 0 Å². The summed E-state index contributed by atoms with van der Waals surface area (Å²) >= 11 is 0. The van der Waals surface area contributed by atoms with Gasteiger partial charge in [0.05, 0.1) is 29.7 Å². The molecule has 0 spiro atoms. The fraction of sp³-hybridized carbons (Fsp3) is 0.400. The molecule has 0 bridgehead atoms. The van der Waals surface area contributed by atoms with Crippen LogP contribution in [0.2, 0.25) is 0 Å². The summed E-state index contributed by atoms with van der Waals surface area (Å²) in [6.45, 7) is 3.48. The molecule has 0 saturated heterocycles. The maximum absolute atomic E-state index is 13.0. The lowest BCUT2D eigenvalue weighted by atomic mass is 10.1. The molecule has 3 nitrogen and oxygen atoms in total. The monoisotopic (exact) mass is 351 g/mol. The highest BCUT2D eigenvalue weighted by Crippen LogP contribution is 2.39. The van der Waals surface area contributed by atoms with Crippen LogP contribution in [0.4, 0.5) is 32.0 Å². The van der Waals surface area contributed by atoms with Gasteiger partial charge in [0.1, 0.15) is 0 Å². The molecule has 24 heavy (non-hydrogen) atoms. The summed E-state index contributed by atoms with van der Waals surface area (Å²) in [6, 6.07) is 1.26. The lowest BCUT2D eigenvalue weighted by molar-refractivity contribution is -0.143. The van der Waals surface area contributed by atoms with Crippen LogP contribution >= 0.6 is 0 Å². The number of imidazole rings is 1. The number of H-pyrrole nitrogens is 1. The number of nitrogens with zero attached hydrogens (tertiary/aromatic N) is 2. The van der Waals surface area contributed by atoms with E-state index in [2.05, 4.69) is 9.97 Å². The third-order valence-electron chi connectivity index (χ3n) is 3.42. The van der Waals surface area contributed by atoms with Gasteiger partial charge in [-0.2, -0.15) is 26.3 Å². The zero-order valence-corrected chi connectivity index (χ0v) is 12.8. The number of anilines is 1. The van der Waals surface area contributed by atoms with Crippen LogP contribution in [0.1, 0.15) is 30.7 Å². The molecular formula is C15H15F6N3. The molecule has 0 fully saturated rings. The molecule has 2 aromatic rings. The SMILES string of the molecule is CC(C)N(Cc1cnc[nH]1)c1cc(C(F)(F)F)cc(C(F)(F)F)c1. The van der Waals surface area contributed by atoms with Gasteiger partial charge >= 0.3 is 12.4 Å². The van der Waals surface area contributed by atoms with Gasteiger partial charge in [0, 0.05) is 17.9 Å². The van der Waals surface area contributed by atoms with Gasteiger partial charge in [0.2, 0.25) is 0 Å². The highest BCUT2D eigenvalue weighted by Gasteiger charge is 2.37. The molecule has 0 unspecified atom stereocenters. The summed E-state index contributed by atoms with van der Waals surface area (Å²) in [7, 11) is 0. The van der Waals surface area contributed by atoms with Gasteiger partial charge in [-0.1, -0.05) is 0 Å². The predicted molar refractivity (Wildman–Crippen MR) is 76.4 cm³/mol. The predicted octanol–water partition coefficient (Wildman–Crippen LogP) is 4.86. The Hall–Kier alpha value is -2.19. The van der Waals surface area contributed by atoms with Crippen molar-refractivity contribution in [3.05, 3.63) is 47.5 Å². The lowest BCUT2D eigenvalue weighted by Crippen LogP contribution is -2.31. The zero-order valence-electron chi connectivity index (χ0n) is 12.8. The molecule has 1 aromatic heterocycles. The van der Waals surface area contributed by atoms with E-state index < -0.39 is 23.5 Å². The van der Waals surface area contributed by atoms with Crippen LogP contribution in [0.25, 0.3) is 0 Å². The Morgan fingerprint density at radius 3 is 1.92 bits per heavy atom. The normalized spacial score (nSPS) is 12.7. The maximum Gasteiger partial charge on any atom is 0.416 e. The van der Waals surface area contributed by atoms with E-state index in [1.54, 1.807) is 13.8 Å². The highest BCUT2D eigenvalue weighted by molar-refractivity contribution is 5.53. The van der Waals surface area contributed by atoms with Crippen molar-refractivity contribution >= 4 is 5.69 Å². The van der Waals surface area contributed by atoms with Crippen molar-refractivity contribution in [3.8, 4) is 0 Å². The number of benzene rings is 1.